The fraction of sp³-hybridized carbons (Fsp3) is 1.00. The Hall–Kier alpha value is -0.120. The number of nitrogens with one attached hydrogen (secondary N) is 1. The van der Waals surface area contributed by atoms with Gasteiger partial charge in [-0.3, -0.25) is 0 Å². The first-order valence-corrected chi connectivity index (χ1v) is 8.55. The van der Waals surface area contributed by atoms with Crippen LogP contribution in [0.2, 0.25) is 0 Å². The molecule has 0 amide bonds. The highest BCUT2D eigenvalue weighted by Gasteiger charge is 2.26. The van der Waals surface area contributed by atoms with E-state index in [1.165, 1.54) is 45.3 Å². The third-order valence-corrected chi connectivity index (χ3v) is 5.09. The Balaban J connectivity index is 2.35. The summed E-state index contributed by atoms with van der Waals surface area (Å²) in [5, 5.41) is 13.2. The van der Waals surface area contributed by atoms with Crippen molar-refractivity contribution in [3.8, 4) is 0 Å². The van der Waals surface area contributed by atoms with Crippen LogP contribution in [0, 0.1) is 5.41 Å². The Kier molecular flexibility index (Phi) is 7.49. The summed E-state index contributed by atoms with van der Waals surface area (Å²) in [6.07, 6.45) is 7.27. The van der Waals surface area contributed by atoms with Crippen LogP contribution < -0.4 is 5.32 Å². The van der Waals surface area contributed by atoms with Crippen LogP contribution in [0.4, 0.5) is 0 Å². The van der Waals surface area contributed by atoms with Crippen LogP contribution in [-0.4, -0.2) is 48.3 Å². The Bertz CT molecular complexity index is 262. The van der Waals surface area contributed by atoms with Crippen LogP contribution in [0.1, 0.15) is 66.2 Å². The summed E-state index contributed by atoms with van der Waals surface area (Å²) >= 11 is 0. The van der Waals surface area contributed by atoms with Gasteiger partial charge in [-0.15, -0.1) is 0 Å². The SMILES string of the molecule is CCNC(CC)(CO)CCCN1CCCC(C)(C)CC1. The standard InChI is InChI=1S/C17H36N2O/c1-5-17(15-20,18-6-2)10-8-13-19-12-7-9-16(3,4)11-14-19/h18,20H,5-15H2,1-4H3. The zero-order chi connectivity index (χ0) is 15.1. The van der Waals surface area contributed by atoms with E-state index in [1.54, 1.807) is 0 Å². The van der Waals surface area contributed by atoms with E-state index in [1.807, 2.05) is 0 Å². The molecule has 0 radical (unpaired) electrons. The van der Waals surface area contributed by atoms with Crippen LogP contribution in [0.5, 0.6) is 0 Å². The zero-order valence-electron chi connectivity index (χ0n) is 14.2. The summed E-state index contributed by atoms with van der Waals surface area (Å²) in [4.78, 5) is 2.62. The maximum atomic E-state index is 9.68. The minimum atomic E-state index is -0.0557. The molecule has 3 heteroatoms. The predicted octanol–water partition coefficient (Wildman–Crippen LogP) is 3.03. The molecule has 1 rings (SSSR count). The lowest BCUT2D eigenvalue weighted by atomic mass is 9.85. The van der Waals surface area contributed by atoms with Crippen molar-refractivity contribution in [3.05, 3.63) is 0 Å². The van der Waals surface area contributed by atoms with Gasteiger partial charge in [0, 0.05) is 5.54 Å². The third-order valence-electron chi connectivity index (χ3n) is 5.09. The number of aliphatic hydroxyl groups is 1. The average molecular weight is 284 g/mol. The van der Waals surface area contributed by atoms with E-state index in [-0.39, 0.29) is 12.1 Å². The van der Waals surface area contributed by atoms with Crippen LogP contribution in [-0.2, 0) is 0 Å². The molecule has 0 saturated carbocycles. The second-order valence-electron chi connectivity index (χ2n) is 7.29. The molecule has 0 aromatic rings. The number of hydrogen-bond donors (Lipinski definition) is 2. The maximum absolute atomic E-state index is 9.68. The summed E-state index contributed by atoms with van der Waals surface area (Å²) in [5.74, 6) is 0. The average Bonchev–Trinajstić information content (AvgIpc) is 2.59. The molecule has 20 heavy (non-hydrogen) atoms. The highest BCUT2D eigenvalue weighted by atomic mass is 16.3. The fourth-order valence-electron chi connectivity index (χ4n) is 3.36. The van der Waals surface area contributed by atoms with Crippen LogP contribution in [0.3, 0.4) is 0 Å². The molecule has 0 aromatic carbocycles. The first-order valence-electron chi connectivity index (χ1n) is 8.55. The van der Waals surface area contributed by atoms with E-state index < -0.39 is 0 Å². The molecule has 3 nitrogen and oxygen atoms in total. The van der Waals surface area contributed by atoms with E-state index in [4.69, 9.17) is 0 Å². The van der Waals surface area contributed by atoms with Gasteiger partial charge in [-0.25, -0.2) is 0 Å². The molecule has 0 aromatic heterocycles. The zero-order valence-corrected chi connectivity index (χ0v) is 14.2. The van der Waals surface area contributed by atoms with E-state index >= 15 is 0 Å². The Morgan fingerprint density at radius 1 is 1.20 bits per heavy atom. The summed E-state index contributed by atoms with van der Waals surface area (Å²) in [7, 11) is 0. The lowest BCUT2D eigenvalue weighted by Crippen LogP contribution is -2.48. The van der Waals surface area contributed by atoms with Crippen molar-refractivity contribution in [2.24, 2.45) is 5.41 Å². The topological polar surface area (TPSA) is 35.5 Å². The molecule has 1 heterocycles. The lowest BCUT2D eigenvalue weighted by molar-refractivity contribution is 0.140. The van der Waals surface area contributed by atoms with Crippen molar-refractivity contribution in [2.45, 2.75) is 71.8 Å². The minimum absolute atomic E-state index is 0.0557. The molecule has 0 spiro atoms. The number of likely N-dealkylation sites (N-methyl/N-ethyl adjacent to an activating group) is 1. The van der Waals surface area contributed by atoms with Crippen molar-refractivity contribution in [1.29, 1.82) is 0 Å². The summed E-state index contributed by atoms with van der Waals surface area (Å²) in [6, 6.07) is 0. The van der Waals surface area contributed by atoms with Crippen molar-refractivity contribution >= 4 is 0 Å². The lowest BCUT2D eigenvalue weighted by Gasteiger charge is -2.33. The number of nitrogens with zero attached hydrogens (tertiary/aromatic N) is 1. The van der Waals surface area contributed by atoms with Crippen molar-refractivity contribution < 1.29 is 5.11 Å². The van der Waals surface area contributed by atoms with Gasteiger partial charge in [-0.1, -0.05) is 27.7 Å². The van der Waals surface area contributed by atoms with E-state index in [9.17, 15) is 5.11 Å². The molecular formula is C17H36N2O. The van der Waals surface area contributed by atoms with Gasteiger partial charge < -0.3 is 15.3 Å². The molecule has 1 unspecified atom stereocenters. The molecule has 1 aliphatic rings. The van der Waals surface area contributed by atoms with Gasteiger partial charge in [-0.05, 0) is 70.1 Å². The van der Waals surface area contributed by atoms with Gasteiger partial charge in [0.25, 0.3) is 0 Å². The quantitative estimate of drug-likeness (QED) is 0.719. The first kappa shape index (κ1) is 17.9. The predicted molar refractivity (Wildman–Crippen MR) is 87.1 cm³/mol. The van der Waals surface area contributed by atoms with Gasteiger partial charge in [-0.2, -0.15) is 0 Å². The van der Waals surface area contributed by atoms with Gasteiger partial charge in [0.15, 0.2) is 0 Å². The molecule has 120 valence electrons. The molecule has 2 N–H and O–H groups in total. The minimum Gasteiger partial charge on any atom is -0.394 e. The first-order chi connectivity index (χ1) is 9.47. The summed E-state index contributed by atoms with van der Waals surface area (Å²) < 4.78 is 0. The van der Waals surface area contributed by atoms with Gasteiger partial charge in [0.1, 0.15) is 0 Å². The second-order valence-corrected chi connectivity index (χ2v) is 7.29. The highest BCUT2D eigenvalue weighted by Crippen LogP contribution is 2.30. The van der Waals surface area contributed by atoms with E-state index in [0.29, 0.717) is 5.41 Å². The number of likely N-dealkylation sites (tertiary alicyclic amines) is 1. The number of hydrogen-bond acceptors (Lipinski definition) is 3. The Morgan fingerprint density at radius 2 is 1.95 bits per heavy atom. The molecule has 0 bridgehead atoms. The molecule has 1 aliphatic heterocycles. The van der Waals surface area contributed by atoms with Crippen molar-refractivity contribution in [3.63, 3.8) is 0 Å². The van der Waals surface area contributed by atoms with Gasteiger partial charge in [0.05, 0.1) is 6.61 Å². The van der Waals surface area contributed by atoms with E-state index in [2.05, 4.69) is 37.9 Å². The largest absolute Gasteiger partial charge is 0.394 e. The summed E-state index contributed by atoms with van der Waals surface area (Å²) in [5.41, 5.74) is 0.469. The monoisotopic (exact) mass is 284 g/mol. The normalized spacial score (nSPS) is 23.2. The highest BCUT2D eigenvalue weighted by molar-refractivity contribution is 4.86. The number of aliphatic hydroxyl groups excluding tert-OH is 1. The van der Waals surface area contributed by atoms with Crippen LogP contribution in [0.15, 0.2) is 0 Å². The van der Waals surface area contributed by atoms with Crippen molar-refractivity contribution in [1.82, 2.24) is 10.2 Å². The second kappa shape index (κ2) is 8.35. The summed E-state index contributed by atoms with van der Waals surface area (Å²) in [6.45, 7) is 14.0. The molecule has 0 aliphatic carbocycles. The molecular weight excluding hydrogens is 248 g/mol. The van der Waals surface area contributed by atoms with Gasteiger partial charge >= 0.3 is 0 Å². The van der Waals surface area contributed by atoms with Gasteiger partial charge in [0.2, 0.25) is 0 Å². The molecule has 1 saturated heterocycles. The van der Waals surface area contributed by atoms with E-state index in [0.717, 1.165) is 19.4 Å². The maximum Gasteiger partial charge on any atom is 0.0613 e. The third kappa shape index (κ3) is 5.71. The molecule has 1 atom stereocenters. The van der Waals surface area contributed by atoms with Crippen molar-refractivity contribution in [2.75, 3.05) is 32.8 Å². The number of rotatable bonds is 8. The van der Waals surface area contributed by atoms with Crippen LogP contribution in [0.25, 0.3) is 0 Å². The fourth-order valence-corrected chi connectivity index (χ4v) is 3.36. The van der Waals surface area contributed by atoms with Crippen LogP contribution >= 0.6 is 0 Å². The Labute approximate surface area is 126 Å². The Morgan fingerprint density at radius 3 is 2.55 bits per heavy atom. The molecule has 1 fully saturated rings. The smallest absolute Gasteiger partial charge is 0.0613 e.